The highest BCUT2D eigenvalue weighted by Crippen LogP contribution is 2.04. The first-order chi connectivity index (χ1) is 4.50. The Balaban J connectivity index is 2.02. The van der Waals surface area contributed by atoms with Gasteiger partial charge in [0.05, 0.1) is 6.61 Å². The summed E-state index contributed by atoms with van der Waals surface area (Å²) in [4.78, 5) is 4.98. The van der Waals surface area contributed by atoms with Crippen molar-refractivity contribution in [2.24, 2.45) is 0 Å². The average molecular weight is 128 g/mol. The number of hydrogen-bond donors (Lipinski definition) is 0. The first kappa shape index (κ1) is 7.03. The molecule has 0 bridgehead atoms. The molecule has 0 N–H and O–H groups in total. The largest absolute Gasteiger partial charge is 0.282 e. The summed E-state index contributed by atoms with van der Waals surface area (Å²) in [5.41, 5.74) is 3.89. The minimum Gasteiger partial charge on any atom is -0.282 e. The van der Waals surface area contributed by atoms with Gasteiger partial charge < -0.3 is 0 Å². The van der Waals surface area contributed by atoms with Crippen LogP contribution < -0.4 is 5.48 Å². The summed E-state index contributed by atoms with van der Waals surface area (Å²) < 4.78 is 0. The van der Waals surface area contributed by atoms with Gasteiger partial charge in [0.15, 0.2) is 0 Å². The summed E-state index contributed by atoms with van der Waals surface area (Å²) in [6.07, 6.45) is 6.39. The monoisotopic (exact) mass is 128 g/mol. The van der Waals surface area contributed by atoms with Gasteiger partial charge in [-0.15, -0.1) is 0 Å². The quantitative estimate of drug-likeness (QED) is 0.484. The fourth-order valence-corrected chi connectivity index (χ4v) is 1.00. The van der Waals surface area contributed by atoms with Crippen LogP contribution >= 0.6 is 0 Å². The molecular weight excluding hydrogens is 114 g/mol. The second-order valence-corrected chi connectivity index (χ2v) is 2.45. The Hall–Kier alpha value is -0.0800. The summed E-state index contributed by atoms with van der Waals surface area (Å²) in [5, 5.41) is 0. The van der Waals surface area contributed by atoms with Crippen LogP contribution in [-0.2, 0) is 4.84 Å². The van der Waals surface area contributed by atoms with Crippen molar-refractivity contribution in [1.29, 1.82) is 0 Å². The van der Waals surface area contributed by atoms with Gasteiger partial charge >= 0.3 is 0 Å². The molecule has 1 heterocycles. The van der Waals surface area contributed by atoms with Crippen molar-refractivity contribution in [2.75, 3.05) is 13.2 Å². The molecule has 1 aliphatic rings. The van der Waals surface area contributed by atoms with E-state index in [1.807, 2.05) is 0 Å². The zero-order valence-corrected chi connectivity index (χ0v) is 5.81. The van der Waals surface area contributed by atoms with Gasteiger partial charge in [-0.1, -0.05) is 24.7 Å². The predicted molar refractivity (Wildman–Crippen MR) is 36.0 cm³/mol. The van der Waals surface area contributed by atoms with Crippen LogP contribution in [0.1, 0.15) is 32.1 Å². The van der Waals surface area contributed by atoms with Crippen LogP contribution in [0.3, 0.4) is 0 Å². The van der Waals surface area contributed by atoms with Crippen molar-refractivity contribution in [1.82, 2.24) is 5.48 Å². The fourth-order valence-electron chi connectivity index (χ4n) is 1.00. The highest BCUT2D eigenvalue weighted by molar-refractivity contribution is 4.46. The number of hydrogen-bond acceptors (Lipinski definition) is 1. The molecule has 0 unspecified atom stereocenters. The van der Waals surface area contributed by atoms with Crippen LogP contribution in [-0.4, -0.2) is 13.2 Å². The molecule has 0 spiro atoms. The van der Waals surface area contributed by atoms with Gasteiger partial charge in [-0.3, -0.25) is 4.84 Å². The van der Waals surface area contributed by atoms with Gasteiger partial charge in [-0.05, 0) is 12.8 Å². The van der Waals surface area contributed by atoms with E-state index in [4.69, 9.17) is 4.84 Å². The van der Waals surface area contributed by atoms with Crippen LogP contribution in [0, 0.1) is 0 Å². The van der Waals surface area contributed by atoms with E-state index in [1.165, 1.54) is 32.1 Å². The van der Waals surface area contributed by atoms with Crippen LogP contribution in [0.2, 0.25) is 0 Å². The van der Waals surface area contributed by atoms with Crippen molar-refractivity contribution >= 4 is 0 Å². The Morgan fingerprint density at radius 1 is 0.889 bits per heavy atom. The molecule has 0 saturated carbocycles. The van der Waals surface area contributed by atoms with E-state index in [0.717, 1.165) is 13.2 Å². The second-order valence-electron chi connectivity index (χ2n) is 2.45. The maximum absolute atomic E-state index is 4.98. The summed E-state index contributed by atoms with van der Waals surface area (Å²) in [5.74, 6) is 0. The summed E-state index contributed by atoms with van der Waals surface area (Å²) >= 11 is 0. The van der Waals surface area contributed by atoms with Crippen LogP contribution in [0.4, 0.5) is 0 Å². The predicted octanol–water partition coefficient (Wildman–Crippen LogP) is 1.49. The normalized spacial score (nSPS) is 24.0. The Kier molecular flexibility index (Phi) is 3.72. The zero-order chi connectivity index (χ0) is 6.36. The number of hydroxylamine groups is 1. The Labute approximate surface area is 56.5 Å². The minimum atomic E-state index is 0.833. The first-order valence-corrected chi connectivity index (χ1v) is 3.79. The van der Waals surface area contributed by atoms with Crippen molar-refractivity contribution in [3.63, 3.8) is 0 Å². The fraction of sp³-hybridized carbons (Fsp3) is 1.00. The van der Waals surface area contributed by atoms with E-state index in [2.05, 4.69) is 5.48 Å². The second kappa shape index (κ2) is 4.77. The molecule has 0 aromatic carbocycles. The molecule has 9 heavy (non-hydrogen) atoms. The summed E-state index contributed by atoms with van der Waals surface area (Å²) in [6.45, 7) is 1.74. The molecule has 0 amide bonds. The lowest BCUT2D eigenvalue weighted by Gasteiger charge is -1.96. The third kappa shape index (κ3) is 3.49. The Bertz CT molecular complexity index is 37.4. The molecule has 1 saturated heterocycles. The molecule has 53 valence electrons. The first-order valence-electron chi connectivity index (χ1n) is 3.79. The molecule has 0 aromatic heterocycles. The highest BCUT2D eigenvalue weighted by Gasteiger charge is 1.96. The Morgan fingerprint density at radius 3 is 2.67 bits per heavy atom. The molecule has 2 nitrogen and oxygen atoms in total. The number of nitrogens with zero attached hydrogens (tertiary/aromatic N) is 1. The maximum atomic E-state index is 4.98. The van der Waals surface area contributed by atoms with E-state index in [-0.39, 0.29) is 0 Å². The van der Waals surface area contributed by atoms with Gasteiger partial charge in [0.2, 0.25) is 0 Å². The molecule has 0 aromatic rings. The zero-order valence-electron chi connectivity index (χ0n) is 5.81. The van der Waals surface area contributed by atoms with Crippen LogP contribution in [0.5, 0.6) is 0 Å². The highest BCUT2D eigenvalue weighted by atomic mass is 16.6. The van der Waals surface area contributed by atoms with E-state index in [9.17, 15) is 0 Å². The van der Waals surface area contributed by atoms with Crippen molar-refractivity contribution in [3.8, 4) is 0 Å². The SMILES string of the molecule is C1CCC[N]OCCC1. The lowest BCUT2D eigenvalue weighted by Crippen LogP contribution is -2.07. The minimum absolute atomic E-state index is 0.833. The van der Waals surface area contributed by atoms with E-state index >= 15 is 0 Å². The van der Waals surface area contributed by atoms with Crippen LogP contribution in [0.15, 0.2) is 0 Å². The smallest absolute Gasteiger partial charge is 0.0702 e. The van der Waals surface area contributed by atoms with Crippen molar-refractivity contribution in [2.45, 2.75) is 32.1 Å². The maximum Gasteiger partial charge on any atom is 0.0702 e. The van der Waals surface area contributed by atoms with Gasteiger partial charge in [-0.2, -0.15) is 0 Å². The van der Waals surface area contributed by atoms with Gasteiger partial charge in [0, 0.05) is 6.54 Å². The lowest BCUT2D eigenvalue weighted by molar-refractivity contribution is 0.0332. The molecule has 1 aliphatic heterocycles. The third-order valence-corrected chi connectivity index (χ3v) is 1.58. The molecule has 1 radical (unpaired) electrons. The van der Waals surface area contributed by atoms with E-state index < -0.39 is 0 Å². The topological polar surface area (TPSA) is 23.3 Å². The van der Waals surface area contributed by atoms with Gasteiger partial charge in [-0.25, -0.2) is 0 Å². The van der Waals surface area contributed by atoms with Crippen LogP contribution in [0.25, 0.3) is 0 Å². The van der Waals surface area contributed by atoms with Gasteiger partial charge in [0.25, 0.3) is 0 Å². The molecule has 2 heteroatoms. The third-order valence-electron chi connectivity index (χ3n) is 1.58. The summed E-state index contributed by atoms with van der Waals surface area (Å²) in [7, 11) is 0. The standard InChI is InChI=1S/C7H14NO/c1-2-4-6-8-9-7-5-3-1/h1-7H2. The van der Waals surface area contributed by atoms with Gasteiger partial charge in [0.1, 0.15) is 0 Å². The van der Waals surface area contributed by atoms with E-state index in [1.54, 1.807) is 0 Å². The molecule has 1 rings (SSSR count). The Morgan fingerprint density at radius 2 is 1.67 bits per heavy atom. The molecule has 1 fully saturated rings. The molecule has 0 aliphatic carbocycles. The number of rotatable bonds is 0. The molecular formula is C7H14NO. The molecule has 0 atom stereocenters. The summed E-state index contributed by atoms with van der Waals surface area (Å²) in [6, 6.07) is 0. The van der Waals surface area contributed by atoms with Crippen molar-refractivity contribution < 1.29 is 4.84 Å². The average Bonchev–Trinajstić information content (AvgIpc) is 2.00. The van der Waals surface area contributed by atoms with E-state index in [0.29, 0.717) is 0 Å². The van der Waals surface area contributed by atoms with Crippen molar-refractivity contribution in [3.05, 3.63) is 0 Å². The lowest BCUT2D eigenvalue weighted by atomic mass is 10.1.